The van der Waals surface area contributed by atoms with Crippen LogP contribution in [-0.4, -0.2) is 35.5 Å². The molecule has 6 nitrogen and oxygen atoms in total. The van der Waals surface area contributed by atoms with E-state index in [9.17, 15) is 9.59 Å². The Morgan fingerprint density at radius 3 is 2.23 bits per heavy atom. The molecule has 0 aliphatic carbocycles. The summed E-state index contributed by atoms with van der Waals surface area (Å²) in [6.07, 6.45) is 0. The van der Waals surface area contributed by atoms with Gasteiger partial charge < -0.3 is 19.7 Å². The van der Waals surface area contributed by atoms with Crippen LogP contribution >= 0.6 is 0 Å². The van der Waals surface area contributed by atoms with Crippen LogP contribution in [0.4, 0.5) is 0 Å². The fraction of sp³-hybridized carbons (Fsp3) is 0.310. The van der Waals surface area contributed by atoms with Crippen molar-refractivity contribution < 1.29 is 19.1 Å². The molecule has 1 heterocycles. The summed E-state index contributed by atoms with van der Waals surface area (Å²) in [4.78, 5) is 29.4. The van der Waals surface area contributed by atoms with Gasteiger partial charge in [-0.1, -0.05) is 60.2 Å². The predicted molar refractivity (Wildman–Crippen MR) is 136 cm³/mol. The quantitative estimate of drug-likeness (QED) is 0.544. The first-order valence-corrected chi connectivity index (χ1v) is 11.8. The number of nitrogens with one attached hydrogen (secondary N) is 1. The molecule has 1 atom stereocenters. The van der Waals surface area contributed by atoms with Gasteiger partial charge in [0.25, 0.3) is 5.91 Å². The van der Waals surface area contributed by atoms with Crippen LogP contribution in [0, 0.1) is 6.92 Å². The Morgan fingerprint density at radius 1 is 0.914 bits per heavy atom. The second-order valence-corrected chi connectivity index (χ2v) is 9.83. The first-order chi connectivity index (χ1) is 16.7. The van der Waals surface area contributed by atoms with Gasteiger partial charge in [-0.05, 0) is 57.0 Å². The van der Waals surface area contributed by atoms with E-state index in [4.69, 9.17) is 9.47 Å². The average Bonchev–Trinajstić information content (AvgIpc) is 2.83. The van der Waals surface area contributed by atoms with E-state index in [0.717, 1.165) is 16.7 Å². The van der Waals surface area contributed by atoms with Gasteiger partial charge in [-0.3, -0.25) is 9.59 Å². The second-order valence-electron chi connectivity index (χ2n) is 9.83. The molecule has 0 aromatic heterocycles. The van der Waals surface area contributed by atoms with Gasteiger partial charge in [0.2, 0.25) is 5.91 Å². The van der Waals surface area contributed by atoms with Crippen molar-refractivity contribution in [2.45, 2.75) is 45.8 Å². The minimum absolute atomic E-state index is 0.233. The Balaban J connectivity index is 1.79. The summed E-state index contributed by atoms with van der Waals surface area (Å²) in [5, 5.41) is 3.08. The molecule has 3 aromatic carbocycles. The Morgan fingerprint density at radius 2 is 1.57 bits per heavy atom. The van der Waals surface area contributed by atoms with Crippen molar-refractivity contribution in [3.63, 3.8) is 0 Å². The second kappa shape index (κ2) is 10.2. The van der Waals surface area contributed by atoms with E-state index in [1.165, 1.54) is 0 Å². The van der Waals surface area contributed by atoms with Crippen LogP contribution in [0.25, 0.3) is 0 Å². The van der Waals surface area contributed by atoms with Crippen LogP contribution in [0.2, 0.25) is 0 Å². The molecule has 0 saturated heterocycles. The van der Waals surface area contributed by atoms with Crippen LogP contribution in [0.1, 0.15) is 53.9 Å². The summed E-state index contributed by atoms with van der Waals surface area (Å²) in [7, 11) is 0. The fourth-order valence-corrected chi connectivity index (χ4v) is 4.06. The largest absolute Gasteiger partial charge is 0.486 e. The molecule has 2 amide bonds. The van der Waals surface area contributed by atoms with Crippen molar-refractivity contribution in [2.75, 3.05) is 13.2 Å². The van der Waals surface area contributed by atoms with Gasteiger partial charge in [0.1, 0.15) is 19.3 Å². The SMILES string of the molecule is Cc1ccc(C(C(=O)NC(C)(C)C)N(Cc2ccccc2)C(=O)c2ccc3c(c2)OCCO3)cc1. The van der Waals surface area contributed by atoms with Gasteiger partial charge in [-0.15, -0.1) is 0 Å². The van der Waals surface area contributed by atoms with Crippen molar-refractivity contribution in [3.8, 4) is 11.5 Å². The summed E-state index contributed by atoms with van der Waals surface area (Å²) in [6.45, 7) is 8.96. The molecule has 4 rings (SSSR count). The number of carbonyl (C=O) groups is 2. The highest BCUT2D eigenvalue weighted by atomic mass is 16.6. The predicted octanol–water partition coefficient (Wildman–Crippen LogP) is 5.06. The minimum atomic E-state index is -0.823. The third-order valence-electron chi connectivity index (χ3n) is 5.70. The van der Waals surface area contributed by atoms with Crippen LogP contribution in [-0.2, 0) is 11.3 Å². The molecule has 35 heavy (non-hydrogen) atoms. The van der Waals surface area contributed by atoms with Crippen LogP contribution in [0.5, 0.6) is 11.5 Å². The number of aryl methyl sites for hydroxylation is 1. The molecule has 182 valence electrons. The number of benzene rings is 3. The molecule has 1 unspecified atom stereocenters. The Hall–Kier alpha value is -3.80. The zero-order valence-corrected chi connectivity index (χ0v) is 20.7. The number of hydrogen-bond donors (Lipinski definition) is 1. The summed E-state index contributed by atoms with van der Waals surface area (Å²) in [5.41, 5.74) is 2.74. The zero-order chi connectivity index (χ0) is 25.0. The Labute approximate surface area is 206 Å². The van der Waals surface area contributed by atoms with Gasteiger partial charge >= 0.3 is 0 Å². The third-order valence-corrected chi connectivity index (χ3v) is 5.70. The number of carbonyl (C=O) groups excluding carboxylic acids is 2. The Bertz CT molecular complexity index is 1180. The van der Waals surface area contributed by atoms with Gasteiger partial charge in [0, 0.05) is 17.6 Å². The highest BCUT2D eigenvalue weighted by molar-refractivity contribution is 5.98. The molecule has 1 N–H and O–H groups in total. The maximum Gasteiger partial charge on any atom is 0.255 e. The monoisotopic (exact) mass is 472 g/mol. The number of amides is 2. The lowest BCUT2D eigenvalue weighted by molar-refractivity contribution is -0.127. The van der Waals surface area contributed by atoms with E-state index in [-0.39, 0.29) is 18.4 Å². The number of rotatable bonds is 6. The highest BCUT2D eigenvalue weighted by Crippen LogP contribution is 2.33. The van der Waals surface area contributed by atoms with E-state index in [0.29, 0.717) is 30.3 Å². The van der Waals surface area contributed by atoms with Crippen molar-refractivity contribution in [1.29, 1.82) is 0 Å². The van der Waals surface area contributed by atoms with E-state index in [1.54, 1.807) is 23.1 Å². The maximum absolute atomic E-state index is 14.0. The molecule has 0 spiro atoms. The lowest BCUT2D eigenvalue weighted by atomic mass is 9.99. The van der Waals surface area contributed by atoms with Gasteiger partial charge in [0.15, 0.2) is 11.5 Å². The number of fused-ring (bicyclic) bond motifs is 1. The fourth-order valence-electron chi connectivity index (χ4n) is 4.06. The van der Waals surface area contributed by atoms with Crippen LogP contribution in [0.3, 0.4) is 0 Å². The molecule has 1 aliphatic rings. The topological polar surface area (TPSA) is 67.9 Å². The van der Waals surface area contributed by atoms with Crippen molar-refractivity contribution in [3.05, 3.63) is 95.1 Å². The van der Waals surface area contributed by atoms with E-state index in [1.807, 2.05) is 82.3 Å². The first-order valence-electron chi connectivity index (χ1n) is 11.8. The molecular formula is C29H32N2O4. The lowest BCUT2D eigenvalue weighted by Crippen LogP contribution is -2.49. The summed E-state index contributed by atoms with van der Waals surface area (Å²) in [6, 6.07) is 21.8. The van der Waals surface area contributed by atoms with Crippen molar-refractivity contribution >= 4 is 11.8 Å². The number of nitrogens with zero attached hydrogens (tertiary/aromatic N) is 1. The first kappa shape index (κ1) is 24.3. The minimum Gasteiger partial charge on any atom is -0.486 e. The molecule has 3 aromatic rings. The van der Waals surface area contributed by atoms with Gasteiger partial charge in [-0.2, -0.15) is 0 Å². The van der Waals surface area contributed by atoms with Crippen molar-refractivity contribution in [1.82, 2.24) is 10.2 Å². The van der Waals surface area contributed by atoms with E-state index in [2.05, 4.69) is 5.32 Å². The molecule has 0 fully saturated rings. The standard InChI is InChI=1S/C29H32N2O4/c1-20-10-12-22(13-11-20)26(27(32)30-29(2,3)4)31(19-21-8-6-5-7-9-21)28(33)23-14-15-24-25(18-23)35-17-16-34-24/h5-15,18,26H,16-17,19H2,1-4H3,(H,30,32). The molecule has 0 bridgehead atoms. The lowest BCUT2D eigenvalue weighted by Gasteiger charge is -2.34. The van der Waals surface area contributed by atoms with Crippen LogP contribution < -0.4 is 14.8 Å². The Kier molecular flexibility index (Phi) is 7.10. The zero-order valence-electron chi connectivity index (χ0n) is 20.7. The molecule has 0 radical (unpaired) electrons. The van der Waals surface area contributed by atoms with Crippen molar-refractivity contribution in [2.24, 2.45) is 0 Å². The molecule has 1 aliphatic heterocycles. The highest BCUT2D eigenvalue weighted by Gasteiger charge is 2.34. The smallest absolute Gasteiger partial charge is 0.255 e. The third kappa shape index (κ3) is 6.01. The summed E-state index contributed by atoms with van der Waals surface area (Å²) >= 11 is 0. The normalized spacial score (nSPS) is 13.6. The number of ether oxygens (including phenoxy) is 2. The van der Waals surface area contributed by atoms with E-state index < -0.39 is 11.6 Å². The van der Waals surface area contributed by atoms with Crippen LogP contribution in [0.15, 0.2) is 72.8 Å². The molecular weight excluding hydrogens is 440 g/mol. The molecule has 6 heteroatoms. The van der Waals surface area contributed by atoms with Gasteiger partial charge in [0.05, 0.1) is 0 Å². The van der Waals surface area contributed by atoms with E-state index >= 15 is 0 Å². The summed E-state index contributed by atoms with van der Waals surface area (Å²) < 4.78 is 11.3. The maximum atomic E-state index is 14.0. The number of hydrogen-bond acceptors (Lipinski definition) is 4. The summed E-state index contributed by atoms with van der Waals surface area (Å²) in [5.74, 6) is 0.652. The average molecular weight is 473 g/mol. The van der Waals surface area contributed by atoms with Gasteiger partial charge in [-0.25, -0.2) is 0 Å². The molecule has 0 saturated carbocycles.